The lowest BCUT2D eigenvalue weighted by atomic mass is 9.93. The zero-order valence-electron chi connectivity index (χ0n) is 51.1. The first kappa shape index (κ1) is 68.4. The van der Waals surface area contributed by atoms with E-state index in [0.717, 1.165) is 63.8 Å². The molecule has 0 spiro atoms. The summed E-state index contributed by atoms with van der Waals surface area (Å²) in [6, 6.07) is 50.2. The topological polar surface area (TPSA) is 255 Å². The van der Waals surface area contributed by atoms with Crippen molar-refractivity contribution in [1.82, 2.24) is 16.4 Å². The fraction of sp³-hybridized carbons (Fsp3) is 0.309. The second kappa shape index (κ2) is 34.0. The number of para-hydroxylation sites is 3. The molecule has 2 heterocycles. The summed E-state index contributed by atoms with van der Waals surface area (Å²) < 4.78 is 77.4. The Kier molecular flexibility index (Phi) is 26.4. The highest BCUT2D eigenvalue weighted by molar-refractivity contribution is 8.06. The van der Waals surface area contributed by atoms with Crippen LogP contribution in [0, 0.1) is 5.41 Å². The van der Waals surface area contributed by atoms with Gasteiger partial charge in [-0.2, -0.15) is 0 Å². The number of carbonyl (C=O) groups is 2. The first-order chi connectivity index (χ1) is 42.1. The standard InChI is InChI=1S/C30H36N4O6S.C28H31NO4.C10H12O3.H3N/c1-30(2,3)40-29(35)33-16-15-22-17-27(39-19-21-11-7-5-8-12-21)26(38-4)18-24(22)25(33)20-41(36,37)28(31)34(32)23-13-9-6-10-14-23;1-30-16-17-32-26-11-7-6-10-22(26)12-13-25-24-19-27(31-2)28(18-23(24)14-15-29-25)33-20-21-8-4-3-5-9-21;1-12-6-7-13-10-5-3-2-4-9(10)8-11;/h5-14,17-18,25,31H,15-16,19-20,32H2,1-4H3;3-13,18-19,25,29H,14-17,20H2,1-2H3;2-5,8H,6-7H2,1H3;1H3/b;13-12+;;. The van der Waals surface area contributed by atoms with Gasteiger partial charge < -0.3 is 54.1 Å². The molecule has 2 atom stereocenters. The second-order valence-electron chi connectivity index (χ2n) is 21.1. The number of benzene rings is 7. The summed E-state index contributed by atoms with van der Waals surface area (Å²) in [5, 5.41) is 12.1. The predicted octanol–water partition coefficient (Wildman–Crippen LogP) is 11.7. The van der Waals surface area contributed by atoms with Crippen molar-refractivity contribution in [3.05, 3.63) is 214 Å². The second-order valence-corrected chi connectivity index (χ2v) is 23.1. The number of aldehydes is 1. The van der Waals surface area contributed by atoms with Crippen LogP contribution in [0.5, 0.6) is 34.5 Å². The molecule has 0 radical (unpaired) electrons. The van der Waals surface area contributed by atoms with Crippen molar-refractivity contribution in [1.29, 1.82) is 5.41 Å². The molecule has 0 aliphatic carbocycles. The van der Waals surface area contributed by atoms with Crippen LogP contribution in [-0.4, -0.2) is 110 Å². The van der Waals surface area contributed by atoms with Gasteiger partial charge in [-0.15, -0.1) is 0 Å². The lowest BCUT2D eigenvalue weighted by molar-refractivity contribution is 0.0162. The van der Waals surface area contributed by atoms with Gasteiger partial charge in [-0.1, -0.05) is 121 Å². The molecule has 0 saturated carbocycles. The largest absolute Gasteiger partial charge is 0.493 e. The normalized spacial score (nSPS) is 14.2. The molecule has 1 amide bonds. The minimum absolute atomic E-state index is 0. The zero-order valence-corrected chi connectivity index (χ0v) is 52.0. The molecule has 88 heavy (non-hydrogen) atoms. The van der Waals surface area contributed by atoms with E-state index in [0.29, 0.717) is 80.1 Å². The third-order valence-electron chi connectivity index (χ3n) is 13.9. The van der Waals surface area contributed by atoms with Crippen molar-refractivity contribution in [3.8, 4) is 34.5 Å². The number of methoxy groups -OCH3 is 4. The summed E-state index contributed by atoms with van der Waals surface area (Å²) in [7, 11) is 2.19. The number of nitrogens with two attached hydrogens (primary N) is 1. The number of anilines is 1. The average Bonchev–Trinajstić information content (AvgIpc) is 1.84. The summed E-state index contributed by atoms with van der Waals surface area (Å²) >= 11 is 0. The average molecular weight is 1220 g/mol. The molecule has 0 saturated heterocycles. The fourth-order valence-electron chi connectivity index (χ4n) is 9.48. The molecule has 468 valence electrons. The number of hydrogen-bond donors (Lipinski definition) is 4. The minimum atomic E-state index is -4.27. The molecule has 2 aliphatic rings. The van der Waals surface area contributed by atoms with Crippen molar-refractivity contribution in [2.75, 3.05) is 78.7 Å². The van der Waals surface area contributed by atoms with Crippen LogP contribution in [0.25, 0.3) is 6.08 Å². The van der Waals surface area contributed by atoms with E-state index in [4.69, 9.17) is 53.9 Å². The van der Waals surface area contributed by atoms with Gasteiger partial charge >= 0.3 is 6.09 Å². The van der Waals surface area contributed by atoms with Gasteiger partial charge in [0.05, 0.1) is 56.5 Å². The summed E-state index contributed by atoms with van der Waals surface area (Å²) in [6.45, 7) is 9.25. The monoisotopic (exact) mass is 1220 g/mol. The Bertz CT molecular complexity index is 3480. The number of hydrogen-bond acceptors (Lipinski definition) is 17. The number of hydrazine groups is 1. The third kappa shape index (κ3) is 19.6. The van der Waals surface area contributed by atoms with E-state index in [1.54, 1.807) is 96.7 Å². The quantitative estimate of drug-likeness (QED) is 0.0123. The van der Waals surface area contributed by atoms with Crippen LogP contribution in [0.4, 0.5) is 10.5 Å². The maximum atomic E-state index is 13.6. The SMILES string of the molecule is COCCOc1ccccc1/C=C/C1NCCc2cc(OCc3ccccc3)c(OC)cc21.COCCOc1ccccc1C=O.COc1cc2c(cc1OCc1ccccc1)CCN(C(=O)OC(C)(C)C)C2CS(=O)(=O)C(=N)N(N)c1ccccc1.N. The van der Waals surface area contributed by atoms with Crippen molar-refractivity contribution < 1.29 is 60.6 Å². The summed E-state index contributed by atoms with van der Waals surface area (Å²) in [5.41, 5.74) is 7.14. The zero-order chi connectivity index (χ0) is 62.2. The fourth-order valence-corrected chi connectivity index (χ4v) is 10.8. The van der Waals surface area contributed by atoms with Gasteiger partial charge in [-0.25, -0.2) is 19.1 Å². The molecule has 7 aromatic carbocycles. The lowest BCUT2D eigenvalue weighted by Gasteiger charge is -2.38. The maximum absolute atomic E-state index is 13.6. The van der Waals surface area contributed by atoms with E-state index in [2.05, 4.69) is 47.8 Å². The van der Waals surface area contributed by atoms with E-state index in [9.17, 15) is 18.0 Å². The van der Waals surface area contributed by atoms with Gasteiger partial charge in [-0.3, -0.25) is 20.1 Å². The number of sulfone groups is 1. The van der Waals surface area contributed by atoms with Crippen LogP contribution in [0.3, 0.4) is 0 Å². The van der Waals surface area contributed by atoms with Crippen molar-refractivity contribution >= 4 is 39.1 Å². The minimum Gasteiger partial charge on any atom is -0.493 e. The van der Waals surface area contributed by atoms with Crippen LogP contribution in [0.2, 0.25) is 0 Å². The molecular formula is C68H82N6O13S. The molecule has 7 N–H and O–H groups in total. The Hall–Kier alpha value is -8.76. The first-order valence-corrected chi connectivity index (χ1v) is 30.2. The van der Waals surface area contributed by atoms with E-state index in [-0.39, 0.29) is 18.7 Å². The van der Waals surface area contributed by atoms with Gasteiger partial charge in [0.15, 0.2) is 29.3 Å². The van der Waals surface area contributed by atoms with Crippen LogP contribution < -0.4 is 50.7 Å². The highest BCUT2D eigenvalue weighted by Crippen LogP contribution is 2.41. The molecule has 0 bridgehead atoms. The van der Waals surface area contributed by atoms with Crippen LogP contribution in [0.1, 0.15) is 82.2 Å². The molecule has 2 unspecified atom stereocenters. The molecule has 0 fully saturated rings. The smallest absolute Gasteiger partial charge is 0.410 e. The number of fused-ring (bicyclic) bond motifs is 2. The van der Waals surface area contributed by atoms with E-state index >= 15 is 0 Å². The maximum Gasteiger partial charge on any atom is 0.410 e. The number of rotatable bonds is 22. The highest BCUT2D eigenvalue weighted by atomic mass is 32.2. The van der Waals surface area contributed by atoms with Gasteiger partial charge in [0.1, 0.15) is 43.5 Å². The van der Waals surface area contributed by atoms with Crippen LogP contribution in [-0.2, 0) is 50.1 Å². The molecular weight excluding hydrogens is 1140 g/mol. The lowest BCUT2D eigenvalue weighted by Crippen LogP contribution is -2.48. The number of carbonyl (C=O) groups excluding carboxylic acids is 2. The Morgan fingerprint density at radius 2 is 1.12 bits per heavy atom. The van der Waals surface area contributed by atoms with Gasteiger partial charge in [0.25, 0.3) is 0 Å². The van der Waals surface area contributed by atoms with Crippen molar-refractivity contribution in [2.24, 2.45) is 5.84 Å². The van der Waals surface area contributed by atoms with E-state index < -0.39 is 38.5 Å². The van der Waals surface area contributed by atoms with E-state index in [1.807, 2.05) is 78.9 Å². The molecule has 19 nitrogen and oxygen atoms in total. The third-order valence-corrected chi connectivity index (χ3v) is 15.4. The summed E-state index contributed by atoms with van der Waals surface area (Å²) in [6.07, 6.45) is 5.82. The van der Waals surface area contributed by atoms with Gasteiger partial charge in [0, 0.05) is 32.9 Å². The Morgan fingerprint density at radius 3 is 1.65 bits per heavy atom. The Labute approximate surface area is 517 Å². The highest BCUT2D eigenvalue weighted by Gasteiger charge is 2.39. The molecule has 2 aliphatic heterocycles. The first-order valence-electron chi connectivity index (χ1n) is 28.5. The summed E-state index contributed by atoms with van der Waals surface area (Å²) in [4.78, 5) is 25.2. The van der Waals surface area contributed by atoms with Gasteiger partial charge in [-0.05, 0) is 122 Å². The molecule has 9 rings (SSSR count). The van der Waals surface area contributed by atoms with Gasteiger partial charge in [0.2, 0.25) is 15.0 Å². The predicted molar refractivity (Wildman–Crippen MR) is 343 cm³/mol. The van der Waals surface area contributed by atoms with Crippen LogP contribution >= 0.6 is 0 Å². The Morgan fingerprint density at radius 1 is 0.636 bits per heavy atom. The van der Waals surface area contributed by atoms with Crippen LogP contribution in [0.15, 0.2) is 170 Å². The Balaban J connectivity index is 0.000000234. The van der Waals surface area contributed by atoms with Crippen molar-refractivity contribution in [2.45, 2.75) is 64.5 Å². The number of ether oxygens (including phenoxy) is 9. The molecule has 7 aromatic rings. The number of amides is 1. The molecule has 20 heteroatoms. The number of amidine groups is 1. The van der Waals surface area contributed by atoms with Crippen molar-refractivity contribution in [3.63, 3.8) is 0 Å². The van der Waals surface area contributed by atoms with E-state index in [1.165, 1.54) is 23.1 Å². The number of nitrogens with one attached hydrogen (secondary N) is 2. The molecule has 0 aromatic heterocycles. The number of nitrogens with zero attached hydrogens (tertiary/aromatic N) is 2. The summed E-state index contributed by atoms with van der Waals surface area (Å²) in [5.74, 6) is 9.34.